The zero-order valence-corrected chi connectivity index (χ0v) is 15.4. The Bertz CT molecular complexity index is 1040. The molecule has 0 atom stereocenters. The van der Waals surface area contributed by atoms with Gasteiger partial charge in [0.1, 0.15) is 17.1 Å². The summed E-state index contributed by atoms with van der Waals surface area (Å²) in [6.07, 6.45) is -4.10. The Morgan fingerprint density at radius 1 is 1.38 bits per heavy atom. The van der Waals surface area contributed by atoms with Crippen LogP contribution in [-0.4, -0.2) is 39.7 Å². The molecule has 1 N–H and O–H groups in total. The van der Waals surface area contributed by atoms with Crippen LogP contribution in [0.2, 0.25) is 5.02 Å². The predicted molar refractivity (Wildman–Crippen MR) is 91.6 cm³/mol. The van der Waals surface area contributed by atoms with Crippen molar-refractivity contribution in [2.75, 3.05) is 13.7 Å². The van der Waals surface area contributed by atoms with Gasteiger partial charge in [-0.2, -0.15) is 18.3 Å². The van der Waals surface area contributed by atoms with Crippen molar-refractivity contribution in [3.8, 4) is 22.6 Å². The molecule has 0 saturated carbocycles. The molecule has 0 bridgehead atoms. The molecule has 3 rings (SSSR count). The van der Waals surface area contributed by atoms with Crippen molar-refractivity contribution in [3.63, 3.8) is 0 Å². The number of aliphatic hydroxyl groups is 1. The predicted octanol–water partition coefficient (Wildman–Crippen LogP) is 3.80. The first-order valence-corrected chi connectivity index (χ1v) is 8.35. The van der Waals surface area contributed by atoms with Gasteiger partial charge in [-0.15, -0.1) is 0 Å². The molecule has 0 spiro atoms. The van der Waals surface area contributed by atoms with E-state index < -0.39 is 59.4 Å². The number of alkyl halides is 3. The molecule has 2 aromatic heterocycles. The van der Waals surface area contributed by atoms with Gasteiger partial charge in [0.15, 0.2) is 11.5 Å². The van der Waals surface area contributed by atoms with Gasteiger partial charge in [-0.1, -0.05) is 22.8 Å². The molecule has 1 aromatic carbocycles. The van der Waals surface area contributed by atoms with E-state index >= 15 is 0 Å². The minimum Gasteiger partial charge on any atom is -0.465 e. The number of aromatic nitrogens is 3. The highest BCUT2D eigenvalue weighted by atomic mass is 35.5. The van der Waals surface area contributed by atoms with E-state index in [0.29, 0.717) is 4.68 Å². The van der Waals surface area contributed by atoms with Crippen molar-refractivity contribution in [3.05, 3.63) is 46.5 Å². The summed E-state index contributed by atoms with van der Waals surface area (Å²) in [5.41, 5.74) is -3.20. The second-order valence-corrected chi connectivity index (χ2v) is 6.08. The van der Waals surface area contributed by atoms with Gasteiger partial charge in [-0.25, -0.2) is 9.18 Å². The number of benzene rings is 1. The number of rotatable bonds is 5. The fourth-order valence-electron chi connectivity index (χ4n) is 2.77. The fourth-order valence-corrected chi connectivity index (χ4v) is 3.03. The first-order valence-electron chi connectivity index (χ1n) is 7.97. The van der Waals surface area contributed by atoms with Crippen LogP contribution in [0.4, 0.5) is 17.6 Å². The van der Waals surface area contributed by atoms with Gasteiger partial charge in [0, 0.05) is 0 Å². The van der Waals surface area contributed by atoms with Gasteiger partial charge in [0.25, 0.3) is 0 Å². The van der Waals surface area contributed by atoms with Gasteiger partial charge in [0.2, 0.25) is 0 Å². The second-order valence-electron chi connectivity index (χ2n) is 5.67. The third-order valence-electron chi connectivity index (χ3n) is 3.95. The summed E-state index contributed by atoms with van der Waals surface area (Å²) < 4.78 is 65.3. The number of carbonyl (C=O) groups excluding carboxylic acids is 1. The summed E-state index contributed by atoms with van der Waals surface area (Å²) in [5, 5.41) is 16.0. The van der Waals surface area contributed by atoms with Crippen LogP contribution in [0.5, 0.6) is 0 Å². The lowest BCUT2D eigenvalue weighted by Crippen LogP contribution is -2.17. The Morgan fingerprint density at radius 2 is 2.10 bits per heavy atom. The maximum Gasteiger partial charge on any atom is 0.433 e. The van der Waals surface area contributed by atoms with E-state index in [1.54, 1.807) is 0 Å². The summed E-state index contributed by atoms with van der Waals surface area (Å²) in [6, 6.07) is 3.66. The third-order valence-corrected chi connectivity index (χ3v) is 4.26. The number of carbonyl (C=O) groups is 1. The molecule has 154 valence electrons. The third kappa shape index (κ3) is 3.70. The molecule has 0 aliphatic carbocycles. The summed E-state index contributed by atoms with van der Waals surface area (Å²) in [6.45, 7) is -1.07. The van der Waals surface area contributed by atoms with Crippen LogP contribution in [0, 0.1) is 5.82 Å². The molecule has 0 aliphatic rings. The highest BCUT2D eigenvalue weighted by Gasteiger charge is 2.41. The monoisotopic (exact) mass is 433 g/mol. The second kappa shape index (κ2) is 7.84. The first kappa shape index (κ1) is 20.8. The van der Waals surface area contributed by atoms with Crippen molar-refractivity contribution in [1.82, 2.24) is 14.9 Å². The van der Waals surface area contributed by atoms with Crippen molar-refractivity contribution in [2.45, 2.75) is 12.7 Å². The lowest BCUT2D eigenvalue weighted by atomic mass is 10.0. The van der Waals surface area contributed by atoms with Gasteiger partial charge < -0.3 is 14.4 Å². The van der Waals surface area contributed by atoms with Crippen LogP contribution in [0.1, 0.15) is 16.1 Å². The van der Waals surface area contributed by atoms with E-state index in [9.17, 15) is 22.4 Å². The van der Waals surface area contributed by atoms with Crippen molar-refractivity contribution >= 4 is 17.6 Å². The minimum atomic E-state index is -4.91. The number of esters is 1. The lowest BCUT2D eigenvalue weighted by Gasteiger charge is -2.11. The molecule has 2 heterocycles. The highest BCUT2D eigenvalue weighted by Crippen LogP contribution is 2.42. The van der Waals surface area contributed by atoms with Gasteiger partial charge in [-0.3, -0.25) is 4.68 Å². The molecule has 7 nitrogen and oxygen atoms in total. The number of halogens is 5. The standard InChI is InChI=1S/C17H12ClF4N3O4/c1-28-16(27)12-13(11-9(18)3-2-4-10(11)19)24-29-14(12)8-7-23-25(5-6-26)15(8)17(20,21)22/h2-4,7,26H,5-6H2,1H3. The Morgan fingerprint density at radius 3 is 2.69 bits per heavy atom. The van der Waals surface area contributed by atoms with E-state index in [2.05, 4.69) is 15.0 Å². The molecule has 0 saturated heterocycles. The molecular formula is C17H12ClF4N3O4. The van der Waals surface area contributed by atoms with E-state index in [1.807, 2.05) is 0 Å². The maximum absolute atomic E-state index is 14.3. The number of nitrogens with zero attached hydrogens (tertiary/aromatic N) is 3. The van der Waals surface area contributed by atoms with E-state index in [0.717, 1.165) is 19.4 Å². The average Bonchev–Trinajstić information content (AvgIpc) is 3.25. The van der Waals surface area contributed by atoms with Crippen molar-refractivity contribution in [2.24, 2.45) is 0 Å². The smallest absolute Gasteiger partial charge is 0.433 e. The van der Waals surface area contributed by atoms with Crippen LogP contribution in [0.25, 0.3) is 22.6 Å². The molecule has 12 heteroatoms. The fraction of sp³-hybridized carbons (Fsp3) is 0.235. The number of hydrogen-bond acceptors (Lipinski definition) is 6. The normalized spacial score (nSPS) is 11.7. The largest absolute Gasteiger partial charge is 0.465 e. The quantitative estimate of drug-likeness (QED) is 0.486. The molecule has 0 fully saturated rings. The Kier molecular flexibility index (Phi) is 5.62. The molecule has 0 radical (unpaired) electrons. The minimum absolute atomic E-state index is 0.137. The summed E-state index contributed by atoms with van der Waals surface area (Å²) in [5.74, 6) is -2.60. The number of hydrogen-bond donors (Lipinski definition) is 1. The summed E-state index contributed by atoms with van der Waals surface area (Å²) in [7, 11) is 0.992. The van der Waals surface area contributed by atoms with E-state index in [4.69, 9.17) is 21.2 Å². The van der Waals surface area contributed by atoms with Crippen LogP contribution in [0.3, 0.4) is 0 Å². The van der Waals surface area contributed by atoms with Crippen LogP contribution < -0.4 is 0 Å². The van der Waals surface area contributed by atoms with E-state index in [1.165, 1.54) is 12.1 Å². The van der Waals surface area contributed by atoms with Crippen molar-refractivity contribution < 1.29 is 36.7 Å². The highest BCUT2D eigenvalue weighted by molar-refractivity contribution is 6.33. The number of aliphatic hydroxyl groups excluding tert-OH is 1. The van der Waals surface area contributed by atoms with Crippen LogP contribution in [-0.2, 0) is 17.5 Å². The molecular weight excluding hydrogens is 422 g/mol. The Balaban J connectivity index is 2.31. The number of ether oxygens (including phenoxy) is 1. The topological polar surface area (TPSA) is 90.4 Å². The van der Waals surface area contributed by atoms with Crippen LogP contribution in [0.15, 0.2) is 28.9 Å². The Hall–Kier alpha value is -2.92. The molecule has 0 unspecified atom stereocenters. The molecule has 29 heavy (non-hydrogen) atoms. The van der Waals surface area contributed by atoms with E-state index in [-0.39, 0.29) is 10.6 Å². The maximum atomic E-state index is 14.3. The van der Waals surface area contributed by atoms with Gasteiger partial charge >= 0.3 is 12.1 Å². The van der Waals surface area contributed by atoms with Gasteiger partial charge in [0.05, 0.1) is 42.6 Å². The zero-order valence-electron chi connectivity index (χ0n) is 14.6. The lowest BCUT2D eigenvalue weighted by molar-refractivity contribution is -0.144. The first-order chi connectivity index (χ1) is 13.7. The van der Waals surface area contributed by atoms with Crippen molar-refractivity contribution in [1.29, 1.82) is 0 Å². The Labute approximate surface area is 165 Å². The van der Waals surface area contributed by atoms with Crippen LogP contribution >= 0.6 is 11.6 Å². The van der Waals surface area contributed by atoms with Gasteiger partial charge in [-0.05, 0) is 12.1 Å². The SMILES string of the molecule is COC(=O)c1c(-c2c(F)cccc2Cl)noc1-c1cnn(CCO)c1C(F)(F)F. The summed E-state index contributed by atoms with van der Waals surface area (Å²) >= 11 is 5.99. The molecule has 0 amide bonds. The summed E-state index contributed by atoms with van der Waals surface area (Å²) in [4.78, 5) is 12.3. The zero-order chi connectivity index (χ0) is 21.3. The molecule has 0 aliphatic heterocycles. The average molecular weight is 434 g/mol. The molecule has 3 aromatic rings. The number of methoxy groups -OCH3 is 1.